The zero-order valence-corrected chi connectivity index (χ0v) is 47.9. The molecular weight excluding hydrogens is 825 g/mol. The number of unbranched alkanes of at least 4 members (excludes halogenated alkanes) is 59. The summed E-state index contributed by atoms with van der Waals surface area (Å²) in [4.78, 5) is 12.1. The maximum Gasteiger partial charge on any atom is 0.305 e. The molecule has 2 heteroatoms. The monoisotopic (exact) mass is 957 g/mol. The Morgan fingerprint density at radius 2 is 0.324 bits per heavy atom. The second-order valence-corrected chi connectivity index (χ2v) is 22.8. The molecule has 0 N–H and O–H groups in total. The molecule has 0 aromatic carbocycles. The Balaban J connectivity index is 3.13. The summed E-state index contributed by atoms with van der Waals surface area (Å²) in [6, 6.07) is 0. The first-order valence-corrected chi connectivity index (χ1v) is 33.0. The second-order valence-electron chi connectivity index (χ2n) is 22.8. The first-order chi connectivity index (χ1) is 33.8. The third-order valence-electron chi connectivity index (χ3n) is 15.7. The lowest BCUT2D eigenvalue weighted by atomic mass is 10.0. The Hall–Kier alpha value is -0.530. The molecule has 0 amide bonds. The van der Waals surface area contributed by atoms with Crippen LogP contribution >= 0.6 is 0 Å². The molecule has 2 nitrogen and oxygen atoms in total. The molecule has 0 aliphatic carbocycles. The molecule has 0 heterocycles. The van der Waals surface area contributed by atoms with E-state index in [1.165, 1.54) is 379 Å². The van der Waals surface area contributed by atoms with E-state index in [9.17, 15) is 4.79 Å². The number of rotatable bonds is 63. The standard InChI is InChI=1S/C66H132O2/c1-3-5-7-9-11-13-15-17-19-21-23-25-27-28-29-30-31-32-33-34-35-36-37-38-39-40-41-43-45-47-49-51-53-55-57-59-61-63-65-68-66(67)64-62-60-58-56-54-52-50-48-46-44-42-26-24-22-20-18-16-14-12-10-8-6-4-2/h3-65H2,1-2H3. The van der Waals surface area contributed by atoms with Gasteiger partial charge in [-0.05, 0) is 12.8 Å². The summed E-state index contributed by atoms with van der Waals surface area (Å²) >= 11 is 0. The summed E-state index contributed by atoms with van der Waals surface area (Å²) in [7, 11) is 0. The highest BCUT2D eigenvalue weighted by Crippen LogP contribution is 2.19. The average Bonchev–Trinajstić information content (AvgIpc) is 3.35. The molecule has 0 spiro atoms. The quantitative estimate of drug-likeness (QED) is 0.0449. The molecular formula is C66H132O2. The Bertz CT molecular complexity index is 867. The van der Waals surface area contributed by atoms with Gasteiger partial charge in [0.25, 0.3) is 0 Å². The predicted octanol–water partition coefficient (Wildman–Crippen LogP) is 24.8. The number of ether oxygens (including phenoxy) is 1. The molecule has 0 bridgehead atoms. The van der Waals surface area contributed by atoms with E-state index in [2.05, 4.69) is 13.8 Å². The fourth-order valence-corrected chi connectivity index (χ4v) is 10.9. The van der Waals surface area contributed by atoms with Crippen molar-refractivity contribution in [2.75, 3.05) is 6.61 Å². The Morgan fingerprint density at radius 3 is 0.485 bits per heavy atom. The molecule has 0 fully saturated rings. The summed E-state index contributed by atoms with van der Waals surface area (Å²) in [5.74, 6) is 0.0371. The van der Waals surface area contributed by atoms with Crippen LogP contribution in [-0.4, -0.2) is 12.6 Å². The van der Waals surface area contributed by atoms with Crippen molar-refractivity contribution in [3.05, 3.63) is 0 Å². The number of hydrogen-bond acceptors (Lipinski definition) is 2. The van der Waals surface area contributed by atoms with Crippen LogP contribution < -0.4 is 0 Å². The molecule has 0 aliphatic rings. The van der Waals surface area contributed by atoms with Gasteiger partial charge >= 0.3 is 5.97 Å². The zero-order chi connectivity index (χ0) is 48.8. The largest absolute Gasteiger partial charge is 0.466 e. The lowest BCUT2D eigenvalue weighted by Gasteiger charge is -2.06. The van der Waals surface area contributed by atoms with Gasteiger partial charge in [-0.2, -0.15) is 0 Å². The van der Waals surface area contributed by atoms with Crippen LogP contribution in [0.1, 0.15) is 412 Å². The topological polar surface area (TPSA) is 26.3 Å². The highest BCUT2D eigenvalue weighted by atomic mass is 16.5. The molecule has 0 aromatic heterocycles. The van der Waals surface area contributed by atoms with Crippen LogP contribution in [0.3, 0.4) is 0 Å². The SMILES string of the molecule is CCCCCCCCCCCCCCCCCCCCCCCCCCCCCCCCCCCCCCCCOC(=O)CCCCCCCCCCCCCCCCCCCCCCCCC. The smallest absolute Gasteiger partial charge is 0.305 e. The molecule has 0 unspecified atom stereocenters. The fourth-order valence-electron chi connectivity index (χ4n) is 10.9. The van der Waals surface area contributed by atoms with Crippen LogP contribution in [0.5, 0.6) is 0 Å². The first kappa shape index (κ1) is 67.5. The molecule has 0 saturated carbocycles. The van der Waals surface area contributed by atoms with E-state index in [-0.39, 0.29) is 5.97 Å². The third-order valence-corrected chi connectivity index (χ3v) is 15.7. The highest BCUT2D eigenvalue weighted by molar-refractivity contribution is 5.69. The minimum absolute atomic E-state index is 0.0371. The van der Waals surface area contributed by atoms with E-state index >= 15 is 0 Å². The lowest BCUT2D eigenvalue weighted by molar-refractivity contribution is -0.143. The molecule has 0 aromatic rings. The van der Waals surface area contributed by atoms with Gasteiger partial charge in [0.1, 0.15) is 0 Å². The predicted molar refractivity (Wildman–Crippen MR) is 309 cm³/mol. The van der Waals surface area contributed by atoms with E-state index in [0.717, 1.165) is 12.8 Å². The normalized spacial score (nSPS) is 11.6. The maximum atomic E-state index is 12.1. The summed E-state index contributed by atoms with van der Waals surface area (Å²) in [6.07, 6.45) is 87.7. The molecule has 408 valence electrons. The zero-order valence-electron chi connectivity index (χ0n) is 47.9. The van der Waals surface area contributed by atoms with Gasteiger partial charge in [-0.15, -0.1) is 0 Å². The van der Waals surface area contributed by atoms with Gasteiger partial charge in [-0.3, -0.25) is 4.79 Å². The number of carbonyl (C=O) groups is 1. The van der Waals surface area contributed by atoms with E-state index in [0.29, 0.717) is 13.0 Å². The Labute approximate surface area is 432 Å². The van der Waals surface area contributed by atoms with Crippen molar-refractivity contribution in [1.82, 2.24) is 0 Å². The maximum absolute atomic E-state index is 12.1. The fraction of sp³-hybridized carbons (Fsp3) is 0.985. The van der Waals surface area contributed by atoms with Crippen LogP contribution in [0.4, 0.5) is 0 Å². The van der Waals surface area contributed by atoms with E-state index in [1.807, 2.05) is 0 Å². The van der Waals surface area contributed by atoms with Gasteiger partial charge in [-0.1, -0.05) is 393 Å². The van der Waals surface area contributed by atoms with Crippen molar-refractivity contribution in [1.29, 1.82) is 0 Å². The number of esters is 1. The molecule has 0 saturated heterocycles. The van der Waals surface area contributed by atoms with Gasteiger partial charge in [0.05, 0.1) is 6.61 Å². The Kier molecular flexibility index (Phi) is 64.0. The molecule has 0 rings (SSSR count). The second kappa shape index (κ2) is 64.5. The van der Waals surface area contributed by atoms with Crippen molar-refractivity contribution in [2.45, 2.75) is 412 Å². The van der Waals surface area contributed by atoms with Crippen molar-refractivity contribution < 1.29 is 9.53 Å². The minimum Gasteiger partial charge on any atom is -0.466 e. The van der Waals surface area contributed by atoms with Crippen molar-refractivity contribution in [2.24, 2.45) is 0 Å². The highest BCUT2D eigenvalue weighted by Gasteiger charge is 2.04. The van der Waals surface area contributed by atoms with Crippen LogP contribution in [-0.2, 0) is 9.53 Å². The van der Waals surface area contributed by atoms with Gasteiger partial charge in [0, 0.05) is 6.42 Å². The summed E-state index contributed by atoms with van der Waals surface area (Å²) in [6.45, 7) is 5.25. The number of carbonyl (C=O) groups excluding carboxylic acids is 1. The van der Waals surface area contributed by atoms with Crippen LogP contribution in [0.25, 0.3) is 0 Å². The van der Waals surface area contributed by atoms with Gasteiger partial charge in [-0.25, -0.2) is 0 Å². The van der Waals surface area contributed by atoms with Gasteiger partial charge in [0.15, 0.2) is 0 Å². The van der Waals surface area contributed by atoms with E-state index in [4.69, 9.17) is 4.74 Å². The Morgan fingerprint density at radius 1 is 0.191 bits per heavy atom. The van der Waals surface area contributed by atoms with Crippen LogP contribution in [0.2, 0.25) is 0 Å². The van der Waals surface area contributed by atoms with E-state index in [1.54, 1.807) is 0 Å². The molecule has 0 aliphatic heterocycles. The van der Waals surface area contributed by atoms with Crippen molar-refractivity contribution in [3.63, 3.8) is 0 Å². The molecule has 68 heavy (non-hydrogen) atoms. The van der Waals surface area contributed by atoms with E-state index < -0.39 is 0 Å². The van der Waals surface area contributed by atoms with Gasteiger partial charge in [0.2, 0.25) is 0 Å². The molecule has 0 radical (unpaired) electrons. The minimum atomic E-state index is 0.0371. The van der Waals surface area contributed by atoms with Crippen LogP contribution in [0.15, 0.2) is 0 Å². The lowest BCUT2D eigenvalue weighted by Crippen LogP contribution is -2.05. The summed E-state index contributed by atoms with van der Waals surface area (Å²) in [5, 5.41) is 0. The molecule has 0 atom stereocenters. The third kappa shape index (κ3) is 63.5. The van der Waals surface area contributed by atoms with Crippen LogP contribution in [0, 0.1) is 0 Å². The van der Waals surface area contributed by atoms with Gasteiger partial charge < -0.3 is 4.74 Å². The van der Waals surface area contributed by atoms with Crippen molar-refractivity contribution in [3.8, 4) is 0 Å². The number of hydrogen-bond donors (Lipinski definition) is 0. The average molecular weight is 958 g/mol. The first-order valence-electron chi connectivity index (χ1n) is 33.0. The summed E-state index contributed by atoms with van der Waals surface area (Å²) in [5.41, 5.74) is 0. The van der Waals surface area contributed by atoms with Crippen molar-refractivity contribution >= 4 is 5.97 Å². The summed E-state index contributed by atoms with van der Waals surface area (Å²) < 4.78 is 5.53.